The number of hydrogen-bond donors (Lipinski definition) is 0. The Morgan fingerprint density at radius 3 is 1.74 bits per heavy atom. The van der Waals surface area contributed by atoms with Crippen LogP contribution in [0.3, 0.4) is 0 Å². The zero-order valence-electron chi connectivity index (χ0n) is 35.6. The topological polar surface area (TPSA) is 3.24 Å². The number of hydrogen-bond acceptors (Lipinski definition) is 1. The normalized spacial score (nSPS) is 17.8. The molecule has 1 atom stereocenters. The van der Waals surface area contributed by atoms with Crippen molar-refractivity contribution in [1.29, 1.82) is 0 Å². The minimum atomic E-state index is -0.283. The van der Waals surface area contributed by atoms with E-state index in [0.717, 1.165) is 19.3 Å². The molecule has 296 valence electrons. The molecule has 0 spiro atoms. The highest BCUT2D eigenvalue weighted by molar-refractivity contribution is 5.96. The highest BCUT2D eigenvalue weighted by Crippen LogP contribution is 2.61. The van der Waals surface area contributed by atoms with E-state index in [2.05, 4.69) is 227 Å². The minimum Gasteiger partial charge on any atom is -0.309 e. The van der Waals surface area contributed by atoms with Crippen molar-refractivity contribution in [3.8, 4) is 44.5 Å². The molecule has 0 radical (unpaired) electrons. The quantitative estimate of drug-likeness (QED) is 0.162. The van der Waals surface area contributed by atoms with Crippen LogP contribution in [-0.4, -0.2) is 0 Å². The highest BCUT2D eigenvalue weighted by Gasteiger charge is 2.46. The van der Waals surface area contributed by atoms with Crippen molar-refractivity contribution in [1.82, 2.24) is 0 Å². The number of benzene rings is 7. The lowest BCUT2D eigenvalue weighted by molar-refractivity contribution is 0.598. The van der Waals surface area contributed by atoms with Crippen LogP contribution in [0.1, 0.15) is 80.7 Å². The molecule has 2 heterocycles. The zero-order valence-corrected chi connectivity index (χ0v) is 35.6. The molecule has 7 aromatic rings. The molecule has 1 unspecified atom stereocenters. The SMILES string of the molecule is CC1(C)c2ccccc2N2c3ccc(-c4ccccc4C4C=CC(C5=CCCC=C5)=CC4)cc3C(C)(C)c3cc(-c4ccccc4-c4ccc(-c5ccccc5)cc4)cc1c32. The average Bonchev–Trinajstić information content (AvgIpc) is 3.32. The van der Waals surface area contributed by atoms with Gasteiger partial charge in [-0.25, -0.2) is 0 Å². The van der Waals surface area contributed by atoms with E-state index in [1.807, 2.05) is 0 Å². The van der Waals surface area contributed by atoms with Crippen molar-refractivity contribution in [3.05, 3.63) is 233 Å². The molecule has 0 fully saturated rings. The maximum Gasteiger partial charge on any atom is 0.0544 e. The lowest BCUT2D eigenvalue weighted by atomic mass is 9.65. The number of para-hydroxylation sites is 1. The summed E-state index contributed by atoms with van der Waals surface area (Å²) >= 11 is 0. The van der Waals surface area contributed by atoms with Gasteiger partial charge in [-0.3, -0.25) is 0 Å². The largest absolute Gasteiger partial charge is 0.309 e. The monoisotopic (exact) mass is 785 g/mol. The summed E-state index contributed by atoms with van der Waals surface area (Å²) in [5.74, 6) is 0.328. The van der Waals surface area contributed by atoms with Crippen molar-refractivity contribution in [3.63, 3.8) is 0 Å². The Morgan fingerprint density at radius 2 is 1.02 bits per heavy atom. The maximum atomic E-state index is 2.59. The van der Waals surface area contributed by atoms with Crippen LogP contribution in [0.2, 0.25) is 0 Å². The summed E-state index contributed by atoms with van der Waals surface area (Å²) in [7, 11) is 0. The second kappa shape index (κ2) is 14.5. The number of fused-ring (bicyclic) bond motifs is 4. The van der Waals surface area contributed by atoms with Crippen molar-refractivity contribution in [2.75, 3.05) is 4.90 Å². The second-order valence-corrected chi connectivity index (χ2v) is 18.3. The van der Waals surface area contributed by atoms with Gasteiger partial charge in [0.25, 0.3) is 0 Å². The van der Waals surface area contributed by atoms with Crippen molar-refractivity contribution < 1.29 is 0 Å². The fraction of sp³-hybridized carbons (Fsp3) is 0.167. The van der Waals surface area contributed by atoms with E-state index in [-0.39, 0.29) is 10.8 Å². The zero-order chi connectivity index (χ0) is 41.3. The van der Waals surface area contributed by atoms with Crippen LogP contribution < -0.4 is 4.90 Å². The third-order valence-corrected chi connectivity index (χ3v) is 14.0. The van der Waals surface area contributed by atoms with E-state index >= 15 is 0 Å². The second-order valence-electron chi connectivity index (χ2n) is 18.3. The Morgan fingerprint density at radius 1 is 0.443 bits per heavy atom. The van der Waals surface area contributed by atoms with Crippen LogP contribution in [0, 0.1) is 0 Å². The number of anilines is 3. The van der Waals surface area contributed by atoms with Gasteiger partial charge in [-0.1, -0.05) is 192 Å². The predicted octanol–water partition coefficient (Wildman–Crippen LogP) is 16.3. The van der Waals surface area contributed by atoms with Crippen LogP contribution in [0.25, 0.3) is 44.5 Å². The Bertz CT molecular complexity index is 2980. The minimum absolute atomic E-state index is 0.211. The Hall–Kier alpha value is -6.70. The summed E-state index contributed by atoms with van der Waals surface area (Å²) in [5, 5.41) is 0. The number of rotatable bonds is 6. The molecule has 2 aliphatic heterocycles. The van der Waals surface area contributed by atoms with Crippen LogP contribution in [0.4, 0.5) is 17.1 Å². The molecule has 0 saturated heterocycles. The van der Waals surface area contributed by atoms with E-state index in [1.54, 1.807) is 0 Å². The smallest absolute Gasteiger partial charge is 0.0544 e. The molecular weight excluding hydrogens is 735 g/mol. The van der Waals surface area contributed by atoms with Gasteiger partial charge >= 0.3 is 0 Å². The molecule has 11 rings (SSSR count). The van der Waals surface area contributed by atoms with E-state index in [4.69, 9.17) is 0 Å². The molecule has 0 aromatic heterocycles. The first-order valence-electron chi connectivity index (χ1n) is 22.1. The van der Waals surface area contributed by atoms with Crippen LogP contribution in [-0.2, 0) is 10.8 Å². The fourth-order valence-corrected chi connectivity index (χ4v) is 10.7. The predicted molar refractivity (Wildman–Crippen MR) is 258 cm³/mol. The van der Waals surface area contributed by atoms with Gasteiger partial charge in [0.1, 0.15) is 0 Å². The molecule has 61 heavy (non-hydrogen) atoms. The summed E-state index contributed by atoms with van der Waals surface area (Å²) in [6.07, 6.45) is 17.5. The van der Waals surface area contributed by atoms with Gasteiger partial charge < -0.3 is 4.90 Å². The first-order chi connectivity index (χ1) is 29.8. The van der Waals surface area contributed by atoms with E-state index in [0.29, 0.717) is 5.92 Å². The van der Waals surface area contributed by atoms with Gasteiger partial charge in [0, 0.05) is 16.7 Å². The van der Waals surface area contributed by atoms with Crippen molar-refractivity contribution >= 4 is 17.1 Å². The summed E-state index contributed by atoms with van der Waals surface area (Å²) in [5.41, 5.74) is 23.0. The Labute approximate surface area is 361 Å². The molecule has 0 N–H and O–H groups in total. The van der Waals surface area contributed by atoms with Gasteiger partial charge in [-0.05, 0) is 133 Å². The van der Waals surface area contributed by atoms with Crippen molar-refractivity contribution in [2.45, 2.75) is 63.7 Å². The van der Waals surface area contributed by atoms with Gasteiger partial charge in [-0.15, -0.1) is 0 Å². The summed E-state index contributed by atoms with van der Waals surface area (Å²) in [4.78, 5) is 2.59. The summed E-state index contributed by atoms with van der Waals surface area (Å²) < 4.78 is 0. The molecule has 1 nitrogen and oxygen atoms in total. The van der Waals surface area contributed by atoms with Gasteiger partial charge in [0.2, 0.25) is 0 Å². The average molecular weight is 786 g/mol. The molecule has 7 aromatic carbocycles. The maximum absolute atomic E-state index is 2.59. The van der Waals surface area contributed by atoms with Gasteiger partial charge in [0.15, 0.2) is 0 Å². The van der Waals surface area contributed by atoms with Crippen molar-refractivity contribution in [2.24, 2.45) is 0 Å². The Kier molecular flexibility index (Phi) is 8.86. The molecular formula is C60H51N. The lowest BCUT2D eigenvalue weighted by Crippen LogP contribution is -2.38. The van der Waals surface area contributed by atoms with Gasteiger partial charge in [-0.2, -0.15) is 0 Å². The molecule has 1 heteroatoms. The third kappa shape index (κ3) is 6.13. The van der Waals surface area contributed by atoms with E-state index in [1.165, 1.54) is 101 Å². The fourth-order valence-electron chi connectivity index (χ4n) is 10.7. The first kappa shape index (κ1) is 37.3. The van der Waals surface area contributed by atoms with E-state index < -0.39 is 0 Å². The first-order valence-corrected chi connectivity index (χ1v) is 22.1. The molecule has 4 aliphatic rings. The standard InChI is InChI=1S/C60H51N/c1-59(2)52-25-15-16-26-56(52)61-57-36-35-46(50-23-13-11-21-48(50)44-31-27-42(28-32-44)40-17-7-5-8-18-40)37-53(57)60(3,4)55-39-47(38-54(59)58(55)61)51-24-14-12-22-49(51)45-33-29-43(30-34-45)41-19-9-6-10-20-41/h6-7,9-31,33-39,44H,5,8,32H2,1-4H3. The molecule has 0 amide bonds. The number of allylic oxidation sites excluding steroid dienone is 8. The summed E-state index contributed by atoms with van der Waals surface area (Å²) in [6, 6.07) is 59.2. The highest BCUT2D eigenvalue weighted by atomic mass is 15.2. The molecule has 0 bridgehead atoms. The number of nitrogens with zero attached hydrogens (tertiary/aromatic N) is 1. The van der Waals surface area contributed by atoms with Crippen LogP contribution >= 0.6 is 0 Å². The van der Waals surface area contributed by atoms with E-state index in [9.17, 15) is 0 Å². The lowest BCUT2D eigenvalue weighted by Gasteiger charge is -2.50. The van der Waals surface area contributed by atoms with Gasteiger partial charge in [0.05, 0.1) is 17.1 Å². The third-order valence-electron chi connectivity index (χ3n) is 14.0. The molecule has 2 aliphatic carbocycles. The van der Waals surface area contributed by atoms with Crippen LogP contribution in [0.15, 0.2) is 205 Å². The summed E-state index contributed by atoms with van der Waals surface area (Å²) in [6.45, 7) is 9.73. The Balaban J connectivity index is 1.04. The molecule has 0 saturated carbocycles. The van der Waals surface area contributed by atoms with Crippen LogP contribution in [0.5, 0.6) is 0 Å².